The van der Waals surface area contributed by atoms with Gasteiger partial charge in [0.15, 0.2) is 0 Å². The lowest BCUT2D eigenvalue weighted by Gasteiger charge is -2.16. The molecule has 0 radical (unpaired) electrons. The Morgan fingerprint density at radius 2 is 2.36 bits per heavy atom. The van der Waals surface area contributed by atoms with Gasteiger partial charge in [-0.1, -0.05) is 0 Å². The van der Waals surface area contributed by atoms with Crippen LogP contribution in [-0.2, 0) is 4.74 Å². The van der Waals surface area contributed by atoms with E-state index in [1.165, 1.54) is 0 Å². The Morgan fingerprint density at radius 3 is 3.00 bits per heavy atom. The van der Waals surface area contributed by atoms with Gasteiger partial charge in [-0.2, -0.15) is 0 Å². The highest BCUT2D eigenvalue weighted by Gasteiger charge is 2.03. The van der Waals surface area contributed by atoms with Crippen LogP contribution in [0.15, 0.2) is 18.5 Å². The molecule has 0 spiro atoms. The molecule has 0 aromatic carbocycles. The Hall–Kier alpha value is -1.09. The van der Waals surface area contributed by atoms with E-state index in [0.717, 1.165) is 24.5 Å². The van der Waals surface area contributed by atoms with Gasteiger partial charge in [-0.15, -0.1) is 0 Å². The van der Waals surface area contributed by atoms with Crippen molar-refractivity contribution < 1.29 is 4.74 Å². The van der Waals surface area contributed by atoms with Crippen LogP contribution in [0.5, 0.6) is 0 Å². The molecule has 1 atom stereocenters. The Morgan fingerprint density at radius 1 is 1.57 bits per heavy atom. The summed E-state index contributed by atoms with van der Waals surface area (Å²) >= 11 is 0. The van der Waals surface area contributed by atoms with Crippen LogP contribution in [0.2, 0.25) is 0 Å². The van der Waals surface area contributed by atoms with Crippen molar-refractivity contribution in [1.29, 1.82) is 0 Å². The number of hydrogen-bond acceptors (Lipinski definition) is 3. The summed E-state index contributed by atoms with van der Waals surface area (Å²) in [5, 5.41) is 3.38. The predicted octanol–water partition coefficient (Wildman–Crippen LogP) is 2.23. The molecule has 1 N–H and O–H groups in total. The van der Waals surface area contributed by atoms with E-state index in [1.54, 1.807) is 6.20 Å². The zero-order valence-electron chi connectivity index (χ0n) is 9.08. The summed E-state index contributed by atoms with van der Waals surface area (Å²) in [5.41, 5.74) is 2.29. The minimum Gasteiger partial charge on any atom is -0.380 e. The first kappa shape index (κ1) is 11.0. The van der Waals surface area contributed by atoms with E-state index in [0.29, 0.717) is 6.04 Å². The van der Waals surface area contributed by atoms with Crippen molar-refractivity contribution >= 4 is 5.69 Å². The standard InChI is InChI=1S/C11H18N2O/c1-4-14-8-10(3)13-11-5-6-12-7-9(11)2/h5-7,10H,4,8H2,1-3H3,(H,12,13). The molecule has 78 valence electrons. The maximum Gasteiger partial charge on any atom is 0.0664 e. The smallest absolute Gasteiger partial charge is 0.0664 e. The molecule has 0 amide bonds. The predicted molar refractivity (Wildman–Crippen MR) is 58.6 cm³/mol. The summed E-state index contributed by atoms with van der Waals surface area (Å²) in [7, 11) is 0. The van der Waals surface area contributed by atoms with Gasteiger partial charge >= 0.3 is 0 Å². The van der Waals surface area contributed by atoms with Crippen LogP contribution in [0.3, 0.4) is 0 Å². The monoisotopic (exact) mass is 194 g/mol. The van der Waals surface area contributed by atoms with Gasteiger partial charge in [-0.25, -0.2) is 0 Å². The number of rotatable bonds is 5. The molecule has 0 aliphatic rings. The third-order valence-corrected chi connectivity index (χ3v) is 1.99. The highest BCUT2D eigenvalue weighted by atomic mass is 16.5. The van der Waals surface area contributed by atoms with Crippen molar-refractivity contribution in [3.8, 4) is 0 Å². The van der Waals surface area contributed by atoms with Gasteiger partial charge in [0.25, 0.3) is 0 Å². The fraction of sp³-hybridized carbons (Fsp3) is 0.545. The molecular formula is C11H18N2O. The first-order valence-corrected chi connectivity index (χ1v) is 4.99. The van der Waals surface area contributed by atoms with Crippen LogP contribution >= 0.6 is 0 Å². The average molecular weight is 194 g/mol. The third kappa shape index (κ3) is 3.34. The van der Waals surface area contributed by atoms with E-state index in [1.807, 2.05) is 26.1 Å². The number of pyridine rings is 1. The van der Waals surface area contributed by atoms with Gasteiger partial charge in [0.2, 0.25) is 0 Å². The van der Waals surface area contributed by atoms with Gasteiger partial charge in [0.05, 0.1) is 6.61 Å². The van der Waals surface area contributed by atoms with E-state index in [9.17, 15) is 0 Å². The van der Waals surface area contributed by atoms with Crippen LogP contribution in [0, 0.1) is 6.92 Å². The second kappa shape index (κ2) is 5.60. The summed E-state index contributed by atoms with van der Waals surface area (Å²) in [6.45, 7) is 7.66. The third-order valence-electron chi connectivity index (χ3n) is 1.99. The van der Waals surface area contributed by atoms with Crippen LogP contribution in [-0.4, -0.2) is 24.2 Å². The van der Waals surface area contributed by atoms with E-state index in [4.69, 9.17) is 4.74 Å². The van der Waals surface area contributed by atoms with Crippen LogP contribution in [0.25, 0.3) is 0 Å². The molecule has 1 heterocycles. The Kier molecular flexibility index (Phi) is 4.40. The average Bonchev–Trinajstić information content (AvgIpc) is 2.18. The quantitative estimate of drug-likeness (QED) is 0.780. The minimum atomic E-state index is 0.330. The van der Waals surface area contributed by atoms with Crippen molar-refractivity contribution in [3.05, 3.63) is 24.0 Å². The Labute approximate surface area is 85.5 Å². The molecule has 0 aliphatic heterocycles. The van der Waals surface area contributed by atoms with E-state index >= 15 is 0 Å². The highest BCUT2D eigenvalue weighted by Crippen LogP contribution is 2.12. The first-order valence-electron chi connectivity index (χ1n) is 4.99. The van der Waals surface area contributed by atoms with Crippen molar-refractivity contribution in [2.75, 3.05) is 18.5 Å². The lowest BCUT2D eigenvalue weighted by atomic mass is 10.2. The maximum atomic E-state index is 5.33. The first-order chi connectivity index (χ1) is 6.74. The topological polar surface area (TPSA) is 34.1 Å². The number of ether oxygens (including phenoxy) is 1. The molecule has 1 aromatic heterocycles. The number of nitrogens with one attached hydrogen (secondary N) is 1. The van der Waals surface area contributed by atoms with Crippen molar-refractivity contribution in [2.45, 2.75) is 26.8 Å². The second-order valence-electron chi connectivity index (χ2n) is 3.40. The van der Waals surface area contributed by atoms with E-state index in [2.05, 4.69) is 17.2 Å². The van der Waals surface area contributed by atoms with Gasteiger partial charge in [0.1, 0.15) is 0 Å². The lowest BCUT2D eigenvalue weighted by Crippen LogP contribution is -2.22. The van der Waals surface area contributed by atoms with Crippen LogP contribution in [0.1, 0.15) is 19.4 Å². The summed E-state index contributed by atoms with van der Waals surface area (Å²) < 4.78 is 5.33. The van der Waals surface area contributed by atoms with Gasteiger partial charge in [0, 0.05) is 30.7 Å². The summed E-state index contributed by atoms with van der Waals surface area (Å²) in [6, 6.07) is 2.31. The fourth-order valence-electron chi connectivity index (χ4n) is 1.24. The molecule has 14 heavy (non-hydrogen) atoms. The van der Waals surface area contributed by atoms with Crippen LogP contribution < -0.4 is 5.32 Å². The van der Waals surface area contributed by atoms with Gasteiger partial charge in [-0.05, 0) is 32.4 Å². The largest absolute Gasteiger partial charge is 0.380 e. The molecule has 0 fully saturated rings. The van der Waals surface area contributed by atoms with Crippen molar-refractivity contribution in [2.24, 2.45) is 0 Å². The van der Waals surface area contributed by atoms with Crippen molar-refractivity contribution in [1.82, 2.24) is 4.98 Å². The molecular weight excluding hydrogens is 176 g/mol. The highest BCUT2D eigenvalue weighted by molar-refractivity contribution is 5.49. The SMILES string of the molecule is CCOCC(C)Nc1ccncc1C. The van der Waals surface area contributed by atoms with Crippen molar-refractivity contribution in [3.63, 3.8) is 0 Å². The zero-order valence-corrected chi connectivity index (χ0v) is 9.08. The maximum absolute atomic E-state index is 5.33. The molecule has 3 nitrogen and oxygen atoms in total. The number of aryl methyl sites for hydroxylation is 1. The van der Waals surface area contributed by atoms with Gasteiger partial charge < -0.3 is 10.1 Å². The molecule has 0 saturated carbocycles. The summed E-state index contributed by atoms with van der Waals surface area (Å²) in [5.74, 6) is 0. The molecule has 1 rings (SSSR count). The summed E-state index contributed by atoms with van der Waals surface area (Å²) in [6.07, 6.45) is 3.65. The molecule has 0 saturated heterocycles. The van der Waals surface area contributed by atoms with Crippen LogP contribution in [0.4, 0.5) is 5.69 Å². The Bertz CT molecular complexity index is 276. The Balaban J connectivity index is 2.47. The van der Waals surface area contributed by atoms with Gasteiger partial charge in [-0.3, -0.25) is 4.98 Å². The van der Waals surface area contributed by atoms with E-state index in [-0.39, 0.29) is 0 Å². The fourth-order valence-corrected chi connectivity index (χ4v) is 1.24. The second-order valence-corrected chi connectivity index (χ2v) is 3.40. The molecule has 0 aliphatic carbocycles. The molecule has 1 unspecified atom stereocenters. The minimum absolute atomic E-state index is 0.330. The lowest BCUT2D eigenvalue weighted by molar-refractivity contribution is 0.141. The normalized spacial score (nSPS) is 12.5. The number of hydrogen-bond donors (Lipinski definition) is 1. The number of nitrogens with zero attached hydrogens (tertiary/aromatic N) is 1. The van der Waals surface area contributed by atoms with E-state index < -0.39 is 0 Å². The number of anilines is 1. The summed E-state index contributed by atoms with van der Waals surface area (Å²) in [4.78, 5) is 4.04. The number of aromatic nitrogens is 1. The zero-order chi connectivity index (χ0) is 10.4. The molecule has 1 aromatic rings. The molecule has 3 heteroatoms. The molecule has 0 bridgehead atoms.